The van der Waals surface area contributed by atoms with E-state index in [0.29, 0.717) is 5.69 Å². The number of rotatable bonds is 2. The highest BCUT2D eigenvalue weighted by Gasteiger charge is 2.17. The molecule has 0 fully saturated rings. The van der Waals surface area contributed by atoms with Crippen LogP contribution in [0.15, 0.2) is 61.3 Å². The van der Waals surface area contributed by atoms with E-state index in [1.165, 1.54) is 0 Å². The minimum atomic E-state index is -0.0507. The van der Waals surface area contributed by atoms with Gasteiger partial charge in [-0.2, -0.15) is 5.26 Å². The average Bonchev–Trinajstić information content (AvgIpc) is 3.36. The van der Waals surface area contributed by atoms with Crippen molar-refractivity contribution in [2.24, 2.45) is 0 Å². The second-order valence-electron chi connectivity index (χ2n) is 8.36. The zero-order valence-corrected chi connectivity index (χ0v) is 17.0. The van der Waals surface area contributed by atoms with E-state index in [1.54, 1.807) is 12.3 Å². The Kier molecular flexibility index (Phi) is 3.93. The van der Waals surface area contributed by atoms with Crippen LogP contribution in [0, 0.1) is 11.3 Å². The standard InChI is InChI=1S/C24H20N6/c1-24(2,3)30-14-29-21-7-5-15(9-22(21)30)20-13-28-23-19(20)8-17(12-27-23)16-4-6-18(10-25)26-11-16/h4-9,11-14H,1-3H3,(H,27,28). The number of nitrogens with one attached hydrogen (secondary N) is 1. The molecule has 0 atom stereocenters. The monoisotopic (exact) mass is 392 g/mol. The van der Waals surface area contributed by atoms with Crippen LogP contribution in [0.1, 0.15) is 26.5 Å². The van der Waals surface area contributed by atoms with E-state index in [9.17, 15) is 0 Å². The van der Waals surface area contributed by atoms with Gasteiger partial charge in [0.15, 0.2) is 0 Å². The van der Waals surface area contributed by atoms with E-state index in [1.807, 2.05) is 24.8 Å². The molecule has 6 nitrogen and oxygen atoms in total. The Balaban J connectivity index is 1.65. The summed E-state index contributed by atoms with van der Waals surface area (Å²) in [7, 11) is 0. The van der Waals surface area contributed by atoms with Gasteiger partial charge in [-0.15, -0.1) is 0 Å². The number of fused-ring (bicyclic) bond motifs is 2. The van der Waals surface area contributed by atoms with Crippen LogP contribution in [0.2, 0.25) is 0 Å². The molecule has 0 amide bonds. The van der Waals surface area contributed by atoms with Crippen LogP contribution in [0.3, 0.4) is 0 Å². The normalized spacial score (nSPS) is 11.8. The first-order valence-electron chi connectivity index (χ1n) is 9.76. The SMILES string of the molecule is CC(C)(C)n1cnc2ccc(-c3c[nH]c4ncc(-c5ccc(C#N)nc5)cc34)cc21. The third-order valence-electron chi connectivity index (χ3n) is 5.32. The van der Waals surface area contributed by atoms with Gasteiger partial charge in [0.1, 0.15) is 17.4 Å². The lowest BCUT2D eigenvalue weighted by atomic mass is 10.0. The summed E-state index contributed by atoms with van der Waals surface area (Å²) in [6.07, 6.45) is 7.43. The number of aromatic nitrogens is 5. The number of nitrogens with zero attached hydrogens (tertiary/aromatic N) is 5. The average molecular weight is 392 g/mol. The maximum absolute atomic E-state index is 8.97. The van der Waals surface area contributed by atoms with E-state index in [4.69, 9.17) is 5.26 Å². The minimum Gasteiger partial charge on any atom is -0.346 e. The summed E-state index contributed by atoms with van der Waals surface area (Å²) >= 11 is 0. The van der Waals surface area contributed by atoms with Gasteiger partial charge in [0.2, 0.25) is 0 Å². The van der Waals surface area contributed by atoms with Crippen LogP contribution in [-0.4, -0.2) is 24.5 Å². The number of hydrogen-bond donors (Lipinski definition) is 1. The largest absolute Gasteiger partial charge is 0.346 e. The van der Waals surface area contributed by atoms with Crippen LogP contribution >= 0.6 is 0 Å². The van der Waals surface area contributed by atoms with Crippen molar-refractivity contribution in [1.82, 2.24) is 24.5 Å². The molecule has 5 aromatic rings. The molecule has 5 rings (SSSR count). The van der Waals surface area contributed by atoms with Gasteiger partial charge < -0.3 is 9.55 Å². The van der Waals surface area contributed by atoms with Gasteiger partial charge in [0.25, 0.3) is 0 Å². The third kappa shape index (κ3) is 2.92. The second kappa shape index (κ2) is 6.53. The Hall–Kier alpha value is -3.98. The van der Waals surface area contributed by atoms with Crippen LogP contribution < -0.4 is 0 Å². The molecule has 1 N–H and O–H groups in total. The number of pyridine rings is 2. The topological polar surface area (TPSA) is 83.2 Å². The van der Waals surface area contributed by atoms with Crippen LogP contribution in [0.25, 0.3) is 44.3 Å². The molecule has 0 aliphatic heterocycles. The van der Waals surface area contributed by atoms with Crippen molar-refractivity contribution in [3.8, 4) is 28.3 Å². The molecular weight excluding hydrogens is 372 g/mol. The van der Waals surface area contributed by atoms with Crippen LogP contribution in [0.5, 0.6) is 0 Å². The Bertz CT molecular complexity index is 1430. The first-order chi connectivity index (χ1) is 14.4. The number of benzene rings is 1. The van der Waals surface area contributed by atoms with E-state index in [-0.39, 0.29) is 5.54 Å². The van der Waals surface area contributed by atoms with Gasteiger partial charge in [-0.05, 0) is 56.7 Å². The molecule has 0 aliphatic rings. The van der Waals surface area contributed by atoms with Crippen molar-refractivity contribution in [2.45, 2.75) is 26.3 Å². The lowest BCUT2D eigenvalue weighted by Gasteiger charge is -2.21. The molecule has 4 aromatic heterocycles. The summed E-state index contributed by atoms with van der Waals surface area (Å²) in [5.41, 5.74) is 7.36. The zero-order chi connectivity index (χ0) is 20.9. The van der Waals surface area contributed by atoms with E-state index in [0.717, 1.165) is 44.3 Å². The second-order valence-corrected chi connectivity index (χ2v) is 8.36. The molecule has 4 heterocycles. The molecule has 0 aliphatic carbocycles. The molecule has 30 heavy (non-hydrogen) atoms. The summed E-state index contributed by atoms with van der Waals surface area (Å²) in [5.74, 6) is 0. The predicted octanol–water partition coefficient (Wildman–Crippen LogP) is 5.27. The fourth-order valence-electron chi connectivity index (χ4n) is 3.74. The molecule has 0 saturated heterocycles. The number of imidazole rings is 1. The molecule has 0 unspecified atom stereocenters. The van der Waals surface area contributed by atoms with Gasteiger partial charge in [0.05, 0.1) is 17.4 Å². The summed E-state index contributed by atoms with van der Waals surface area (Å²) in [5, 5.41) is 10.0. The van der Waals surface area contributed by atoms with Gasteiger partial charge in [-0.3, -0.25) is 0 Å². The molecule has 0 spiro atoms. The van der Waals surface area contributed by atoms with E-state index < -0.39 is 0 Å². The highest BCUT2D eigenvalue weighted by molar-refractivity contribution is 5.97. The Labute approximate surface area is 173 Å². The molecule has 0 saturated carbocycles. The van der Waals surface area contributed by atoms with Gasteiger partial charge in [0, 0.05) is 46.2 Å². The van der Waals surface area contributed by atoms with Crippen molar-refractivity contribution in [3.63, 3.8) is 0 Å². The lowest BCUT2D eigenvalue weighted by molar-refractivity contribution is 0.408. The Morgan fingerprint density at radius 1 is 0.933 bits per heavy atom. The smallest absolute Gasteiger partial charge is 0.140 e. The van der Waals surface area contributed by atoms with Gasteiger partial charge in [-0.1, -0.05) is 6.07 Å². The third-order valence-corrected chi connectivity index (χ3v) is 5.32. The van der Waals surface area contributed by atoms with Crippen molar-refractivity contribution in [1.29, 1.82) is 5.26 Å². The zero-order valence-electron chi connectivity index (χ0n) is 17.0. The number of nitriles is 1. The fraction of sp³-hybridized carbons (Fsp3) is 0.167. The summed E-state index contributed by atoms with van der Waals surface area (Å²) in [6.45, 7) is 6.52. The molecule has 0 bridgehead atoms. The molecule has 0 radical (unpaired) electrons. The number of H-pyrrole nitrogens is 1. The van der Waals surface area contributed by atoms with Crippen molar-refractivity contribution in [3.05, 3.63) is 67.0 Å². The summed E-state index contributed by atoms with van der Waals surface area (Å²) < 4.78 is 2.20. The Morgan fingerprint density at radius 2 is 1.73 bits per heavy atom. The van der Waals surface area contributed by atoms with Gasteiger partial charge in [-0.25, -0.2) is 15.0 Å². The maximum Gasteiger partial charge on any atom is 0.140 e. The highest BCUT2D eigenvalue weighted by atomic mass is 15.1. The first kappa shape index (κ1) is 18.1. The molecule has 1 aromatic carbocycles. The van der Waals surface area contributed by atoms with Crippen LogP contribution in [0.4, 0.5) is 0 Å². The summed E-state index contributed by atoms with van der Waals surface area (Å²) in [4.78, 5) is 16.6. The predicted molar refractivity (Wildman–Crippen MR) is 118 cm³/mol. The first-order valence-corrected chi connectivity index (χ1v) is 9.76. The summed E-state index contributed by atoms with van der Waals surface area (Å²) in [6, 6.07) is 14.1. The molecule has 6 heteroatoms. The van der Waals surface area contributed by atoms with E-state index in [2.05, 4.69) is 75.6 Å². The number of hydrogen-bond acceptors (Lipinski definition) is 4. The van der Waals surface area contributed by atoms with Crippen molar-refractivity contribution < 1.29 is 0 Å². The van der Waals surface area contributed by atoms with E-state index >= 15 is 0 Å². The fourth-order valence-corrected chi connectivity index (χ4v) is 3.74. The van der Waals surface area contributed by atoms with Crippen molar-refractivity contribution in [2.75, 3.05) is 0 Å². The molecular formula is C24H20N6. The van der Waals surface area contributed by atoms with Gasteiger partial charge >= 0.3 is 0 Å². The Morgan fingerprint density at radius 3 is 2.47 bits per heavy atom. The molecule has 146 valence electrons. The van der Waals surface area contributed by atoms with Crippen LogP contribution in [-0.2, 0) is 5.54 Å². The lowest BCUT2D eigenvalue weighted by Crippen LogP contribution is -2.20. The quantitative estimate of drug-likeness (QED) is 0.444. The highest BCUT2D eigenvalue weighted by Crippen LogP contribution is 2.33. The minimum absolute atomic E-state index is 0.0507. The maximum atomic E-state index is 8.97. The van der Waals surface area contributed by atoms with Crippen molar-refractivity contribution >= 4 is 22.1 Å². The number of aromatic amines is 1.